The topological polar surface area (TPSA) is 83.0 Å². The molecule has 0 aliphatic carbocycles. The molecule has 2 aliphatic heterocycles. The van der Waals surface area contributed by atoms with Gasteiger partial charge in [0.15, 0.2) is 0 Å². The predicted octanol–water partition coefficient (Wildman–Crippen LogP) is 3.38. The lowest BCUT2D eigenvalue weighted by Crippen LogP contribution is -2.64. The van der Waals surface area contributed by atoms with E-state index in [0.717, 1.165) is 36.5 Å². The van der Waals surface area contributed by atoms with Crippen molar-refractivity contribution in [3.63, 3.8) is 0 Å². The Morgan fingerprint density at radius 1 is 1.12 bits per heavy atom. The van der Waals surface area contributed by atoms with Crippen LogP contribution < -0.4 is 15.4 Å². The van der Waals surface area contributed by atoms with E-state index >= 15 is 0 Å². The van der Waals surface area contributed by atoms with E-state index in [9.17, 15) is 8.42 Å². The van der Waals surface area contributed by atoms with E-state index in [-0.39, 0.29) is 17.9 Å². The molecule has 2 aliphatic rings. The number of rotatable bonds is 7. The first kappa shape index (κ1) is 26.5. The molecule has 0 amide bonds. The maximum Gasteiger partial charge on any atom is 0.243 e. The Labute approximate surface area is 209 Å². The minimum Gasteiger partial charge on any atom is -0.496 e. The number of amidine groups is 1. The molecule has 34 heavy (non-hydrogen) atoms. The highest BCUT2D eigenvalue weighted by atomic mass is 35.5. The fraction of sp³-hybridized carbons (Fsp3) is 0.480. The molecule has 1 spiro atoms. The smallest absolute Gasteiger partial charge is 0.243 e. The minimum absolute atomic E-state index is 0. The summed E-state index contributed by atoms with van der Waals surface area (Å²) in [5.74, 6) is 1.76. The zero-order chi connectivity index (χ0) is 23.3. The molecule has 0 aromatic heterocycles. The summed E-state index contributed by atoms with van der Waals surface area (Å²) in [6.45, 7) is 5.16. The average Bonchev–Trinajstić information content (AvgIpc) is 2.84. The summed E-state index contributed by atoms with van der Waals surface area (Å²) in [6.07, 6.45) is 3.36. The third-order valence-corrected chi connectivity index (χ3v) is 8.53. The summed E-state index contributed by atoms with van der Waals surface area (Å²) in [5.41, 5.74) is 1.91. The van der Waals surface area contributed by atoms with Crippen LogP contribution in [0.5, 0.6) is 5.75 Å². The Bertz CT molecular complexity index is 1080. The molecule has 1 saturated heterocycles. The van der Waals surface area contributed by atoms with Gasteiger partial charge in [-0.25, -0.2) is 8.42 Å². The van der Waals surface area contributed by atoms with Gasteiger partial charge < -0.3 is 15.4 Å². The molecular formula is C25H35ClN4O3S. The number of piperidine rings is 1. The van der Waals surface area contributed by atoms with Crippen LogP contribution in [0.2, 0.25) is 0 Å². The minimum atomic E-state index is -3.50. The van der Waals surface area contributed by atoms with Crippen molar-refractivity contribution in [2.75, 3.05) is 33.3 Å². The Morgan fingerprint density at radius 2 is 1.82 bits per heavy atom. The number of nitrogens with zero attached hydrogens (tertiary/aromatic N) is 2. The highest BCUT2D eigenvalue weighted by Gasteiger charge is 2.43. The zero-order valence-electron chi connectivity index (χ0n) is 19.9. The van der Waals surface area contributed by atoms with E-state index < -0.39 is 10.0 Å². The maximum atomic E-state index is 13.2. The van der Waals surface area contributed by atoms with Gasteiger partial charge in [-0.15, -0.1) is 12.4 Å². The fourth-order valence-electron chi connectivity index (χ4n) is 4.74. The number of sulfonamides is 1. The normalized spacial score (nSPS) is 18.1. The maximum absolute atomic E-state index is 13.2. The summed E-state index contributed by atoms with van der Waals surface area (Å²) >= 11 is 0. The van der Waals surface area contributed by atoms with Gasteiger partial charge in [-0.05, 0) is 43.0 Å². The number of hydrogen-bond donors (Lipinski definition) is 2. The van der Waals surface area contributed by atoms with Crippen LogP contribution in [-0.2, 0) is 23.0 Å². The van der Waals surface area contributed by atoms with E-state index in [2.05, 4.69) is 17.6 Å². The highest BCUT2D eigenvalue weighted by Crippen LogP contribution is 2.29. The number of para-hydroxylation sites is 1. The predicted molar refractivity (Wildman–Crippen MR) is 139 cm³/mol. The largest absolute Gasteiger partial charge is 0.496 e. The second-order valence-electron chi connectivity index (χ2n) is 8.70. The Morgan fingerprint density at radius 3 is 2.50 bits per heavy atom. The molecule has 2 aromatic carbocycles. The van der Waals surface area contributed by atoms with Crippen molar-refractivity contribution in [1.29, 1.82) is 0 Å². The summed E-state index contributed by atoms with van der Waals surface area (Å²) in [6, 6.07) is 15.3. The Hall–Kier alpha value is -2.13. The van der Waals surface area contributed by atoms with Crippen molar-refractivity contribution in [3.05, 3.63) is 59.7 Å². The van der Waals surface area contributed by atoms with Gasteiger partial charge in [0.25, 0.3) is 0 Å². The van der Waals surface area contributed by atoms with Gasteiger partial charge in [0.05, 0.1) is 24.1 Å². The number of aryl methyl sites for hydroxylation is 1. The summed E-state index contributed by atoms with van der Waals surface area (Å²) in [5, 5.41) is 7.15. The molecule has 0 bridgehead atoms. The first-order valence-electron chi connectivity index (χ1n) is 11.7. The molecule has 2 N–H and O–H groups in total. The van der Waals surface area contributed by atoms with Crippen LogP contribution in [-0.4, -0.2) is 57.4 Å². The van der Waals surface area contributed by atoms with Gasteiger partial charge in [0, 0.05) is 31.7 Å². The van der Waals surface area contributed by atoms with Crippen molar-refractivity contribution in [2.24, 2.45) is 4.99 Å². The lowest BCUT2D eigenvalue weighted by molar-refractivity contribution is 0.241. The molecule has 9 heteroatoms. The van der Waals surface area contributed by atoms with Crippen LogP contribution in [0.25, 0.3) is 0 Å². The quantitative estimate of drug-likeness (QED) is 0.601. The Balaban J connectivity index is 0.00000324. The van der Waals surface area contributed by atoms with Gasteiger partial charge in [0.1, 0.15) is 11.6 Å². The fourth-order valence-corrected chi connectivity index (χ4v) is 6.18. The summed E-state index contributed by atoms with van der Waals surface area (Å²) in [7, 11) is -1.83. The average molecular weight is 507 g/mol. The summed E-state index contributed by atoms with van der Waals surface area (Å²) in [4.78, 5) is 5.16. The van der Waals surface area contributed by atoms with Crippen molar-refractivity contribution >= 4 is 28.3 Å². The first-order chi connectivity index (χ1) is 16.0. The van der Waals surface area contributed by atoms with Crippen molar-refractivity contribution < 1.29 is 13.2 Å². The van der Waals surface area contributed by atoms with Gasteiger partial charge in [-0.1, -0.05) is 43.7 Å². The van der Waals surface area contributed by atoms with E-state index in [1.165, 1.54) is 5.56 Å². The van der Waals surface area contributed by atoms with Gasteiger partial charge in [0.2, 0.25) is 10.0 Å². The third-order valence-electron chi connectivity index (χ3n) is 6.61. The number of hydrogen-bond acceptors (Lipinski definition) is 6. The molecule has 1 fully saturated rings. The number of aliphatic imine (C=N–C) groups is 1. The number of nitrogens with one attached hydrogen (secondary N) is 2. The van der Waals surface area contributed by atoms with Crippen LogP contribution in [0.1, 0.15) is 37.3 Å². The molecule has 2 aromatic rings. The monoisotopic (exact) mass is 506 g/mol. The molecule has 186 valence electrons. The van der Waals surface area contributed by atoms with Crippen molar-refractivity contribution in [2.45, 2.75) is 49.6 Å². The molecular weight excluding hydrogens is 472 g/mol. The van der Waals surface area contributed by atoms with Crippen LogP contribution in [0.3, 0.4) is 0 Å². The molecule has 7 nitrogen and oxygen atoms in total. The van der Waals surface area contributed by atoms with Crippen LogP contribution in [0, 0.1) is 0 Å². The Kier molecular flexibility index (Phi) is 8.98. The van der Waals surface area contributed by atoms with Crippen LogP contribution in [0.15, 0.2) is 58.4 Å². The van der Waals surface area contributed by atoms with Crippen molar-refractivity contribution in [1.82, 2.24) is 14.9 Å². The molecule has 2 heterocycles. The molecule has 4 rings (SSSR count). The third kappa shape index (κ3) is 5.57. The lowest BCUT2D eigenvalue weighted by atomic mass is 9.85. The van der Waals surface area contributed by atoms with E-state index in [4.69, 9.17) is 9.73 Å². The highest BCUT2D eigenvalue weighted by molar-refractivity contribution is 7.89. The van der Waals surface area contributed by atoms with Gasteiger partial charge in [-0.2, -0.15) is 4.31 Å². The lowest BCUT2D eigenvalue weighted by Gasteiger charge is -2.44. The van der Waals surface area contributed by atoms with E-state index in [1.807, 2.05) is 36.4 Å². The second-order valence-corrected chi connectivity index (χ2v) is 10.6. The van der Waals surface area contributed by atoms with E-state index in [1.54, 1.807) is 23.5 Å². The number of halogens is 1. The second kappa shape index (κ2) is 11.5. The van der Waals surface area contributed by atoms with Gasteiger partial charge >= 0.3 is 0 Å². The SMILES string of the molecule is CCCc1ccc(S(=O)(=O)N2CCC3(CC2)NCCN=C3NCc2ccccc2OC)cc1.Cl. The first-order valence-corrected chi connectivity index (χ1v) is 13.2. The molecule has 0 saturated carbocycles. The molecule has 0 unspecified atom stereocenters. The molecule has 0 radical (unpaired) electrons. The van der Waals surface area contributed by atoms with Gasteiger partial charge in [-0.3, -0.25) is 4.99 Å². The number of methoxy groups -OCH3 is 1. The summed E-state index contributed by atoms with van der Waals surface area (Å²) < 4.78 is 33.6. The van der Waals surface area contributed by atoms with Crippen LogP contribution in [0.4, 0.5) is 0 Å². The standard InChI is InChI=1S/C25H34N4O3S.ClH/c1-3-6-20-9-11-22(12-10-20)33(30,31)29-17-13-25(14-18-29)24(26-15-16-28-25)27-19-21-7-4-5-8-23(21)32-2;/h4-5,7-12,28H,3,6,13-19H2,1-2H3,(H,26,27);1H. The van der Waals surface area contributed by atoms with Crippen LogP contribution >= 0.6 is 12.4 Å². The van der Waals surface area contributed by atoms with E-state index in [0.29, 0.717) is 43.9 Å². The number of ether oxygens (including phenoxy) is 1. The van der Waals surface area contributed by atoms with Crippen molar-refractivity contribution in [3.8, 4) is 5.75 Å². The molecule has 0 atom stereocenters. The zero-order valence-corrected chi connectivity index (χ0v) is 21.6. The number of benzene rings is 2.